The molecule has 0 aliphatic carbocycles. The van der Waals surface area contributed by atoms with Crippen molar-refractivity contribution in [2.24, 2.45) is 0 Å². The zero-order valence-corrected chi connectivity index (χ0v) is 19.2. The third kappa shape index (κ3) is 5.83. The molecule has 2 aromatic heterocycles. The minimum absolute atomic E-state index is 0.421. The lowest BCUT2D eigenvalue weighted by Crippen LogP contribution is -2.03. The molecule has 0 fully saturated rings. The van der Waals surface area contributed by atoms with Gasteiger partial charge in [-0.3, -0.25) is 0 Å². The van der Waals surface area contributed by atoms with Crippen molar-refractivity contribution in [3.8, 4) is 28.1 Å². The number of carbonyl (C=O) groups excluding carboxylic acids is 1. The van der Waals surface area contributed by atoms with Crippen molar-refractivity contribution in [3.05, 3.63) is 93.6 Å². The van der Waals surface area contributed by atoms with Crippen LogP contribution in [0.15, 0.2) is 77.5 Å². The quantitative estimate of drug-likeness (QED) is 0.132. The fourth-order valence-electron chi connectivity index (χ4n) is 2.90. The number of esters is 1. The number of thiophene rings is 1. The first kappa shape index (κ1) is 22.2. The van der Waals surface area contributed by atoms with Crippen molar-refractivity contribution in [1.82, 2.24) is 4.98 Å². The van der Waals surface area contributed by atoms with E-state index in [1.54, 1.807) is 54.9 Å². The molecule has 33 heavy (non-hydrogen) atoms. The van der Waals surface area contributed by atoms with Gasteiger partial charge in [0, 0.05) is 11.5 Å². The Kier molecular flexibility index (Phi) is 7.10. The number of aromatic nitrogens is 1. The molecule has 0 atom stereocenters. The number of nitriles is 1. The highest BCUT2D eigenvalue weighted by atomic mass is 32.1. The van der Waals surface area contributed by atoms with Gasteiger partial charge in [-0.1, -0.05) is 30.3 Å². The molecule has 0 amide bonds. The Hall–Kier alpha value is -3.99. The maximum Gasteiger partial charge on any atom is 0.336 e. The van der Waals surface area contributed by atoms with Gasteiger partial charge >= 0.3 is 5.97 Å². The van der Waals surface area contributed by atoms with Gasteiger partial charge in [0.1, 0.15) is 22.6 Å². The fourth-order valence-corrected chi connectivity index (χ4v) is 4.45. The fraction of sp³-hybridized carbons (Fsp3) is 0.0385. The SMILES string of the molecule is COc1ccc(/C=C/C(=O)Oc2ccc(/C=C(\C#N)c3nc(-c4cccs4)cs3)cc2)cc1. The van der Waals surface area contributed by atoms with E-state index in [9.17, 15) is 10.1 Å². The number of ether oxygens (including phenoxy) is 2. The largest absolute Gasteiger partial charge is 0.497 e. The van der Waals surface area contributed by atoms with E-state index < -0.39 is 5.97 Å². The number of rotatable bonds is 7. The van der Waals surface area contributed by atoms with Crippen LogP contribution in [0.3, 0.4) is 0 Å². The first-order chi connectivity index (χ1) is 16.1. The van der Waals surface area contributed by atoms with Gasteiger partial charge < -0.3 is 9.47 Å². The van der Waals surface area contributed by atoms with E-state index in [0.29, 0.717) is 16.3 Å². The van der Waals surface area contributed by atoms with E-state index in [0.717, 1.165) is 27.4 Å². The van der Waals surface area contributed by atoms with Crippen LogP contribution in [0.1, 0.15) is 16.1 Å². The Balaban J connectivity index is 1.40. The minimum atomic E-state index is -0.476. The van der Waals surface area contributed by atoms with Crippen LogP contribution in [0, 0.1) is 11.3 Å². The first-order valence-electron chi connectivity index (χ1n) is 9.90. The third-order valence-corrected chi connectivity index (χ3v) is 6.33. The minimum Gasteiger partial charge on any atom is -0.497 e. The molecule has 0 bridgehead atoms. The summed E-state index contributed by atoms with van der Waals surface area (Å²) in [6, 6.07) is 20.5. The molecule has 0 unspecified atom stereocenters. The number of carbonyl (C=O) groups is 1. The van der Waals surface area contributed by atoms with Gasteiger partial charge in [-0.25, -0.2) is 9.78 Å². The maximum atomic E-state index is 12.1. The van der Waals surface area contributed by atoms with Crippen LogP contribution in [-0.2, 0) is 4.79 Å². The second kappa shape index (κ2) is 10.6. The lowest BCUT2D eigenvalue weighted by molar-refractivity contribution is -0.128. The lowest BCUT2D eigenvalue weighted by Gasteiger charge is -2.02. The van der Waals surface area contributed by atoms with Crippen LogP contribution in [0.25, 0.3) is 28.3 Å². The van der Waals surface area contributed by atoms with Crippen LogP contribution in [0.2, 0.25) is 0 Å². The molecule has 0 N–H and O–H groups in total. The molecule has 162 valence electrons. The summed E-state index contributed by atoms with van der Waals surface area (Å²) in [6.45, 7) is 0. The predicted octanol–water partition coefficient (Wildman–Crippen LogP) is 6.56. The Morgan fingerprint density at radius 1 is 1.00 bits per heavy atom. The molecule has 5 nitrogen and oxygen atoms in total. The zero-order chi connectivity index (χ0) is 23.0. The summed E-state index contributed by atoms with van der Waals surface area (Å²) in [5.74, 6) is 0.696. The predicted molar refractivity (Wildman–Crippen MR) is 133 cm³/mol. The molecule has 4 rings (SSSR count). The van der Waals surface area contributed by atoms with Crippen molar-refractivity contribution in [3.63, 3.8) is 0 Å². The third-order valence-electron chi connectivity index (χ3n) is 4.57. The molecule has 0 aliphatic rings. The Labute approximate surface area is 199 Å². The molecule has 0 radical (unpaired) electrons. The molecule has 0 saturated carbocycles. The van der Waals surface area contributed by atoms with Crippen molar-refractivity contribution in [1.29, 1.82) is 5.26 Å². The number of hydrogen-bond acceptors (Lipinski definition) is 7. The monoisotopic (exact) mass is 470 g/mol. The normalized spacial score (nSPS) is 11.3. The molecule has 0 saturated heterocycles. The Morgan fingerprint density at radius 2 is 1.73 bits per heavy atom. The van der Waals surface area contributed by atoms with Crippen molar-refractivity contribution in [2.45, 2.75) is 0 Å². The maximum absolute atomic E-state index is 12.1. The van der Waals surface area contributed by atoms with Crippen molar-refractivity contribution >= 4 is 46.4 Å². The van der Waals surface area contributed by atoms with Crippen LogP contribution in [0.5, 0.6) is 11.5 Å². The average molecular weight is 471 g/mol. The molecule has 2 aromatic carbocycles. The van der Waals surface area contributed by atoms with E-state index in [1.807, 2.05) is 47.2 Å². The number of nitrogens with zero attached hydrogens (tertiary/aromatic N) is 2. The van der Waals surface area contributed by atoms with Crippen molar-refractivity contribution in [2.75, 3.05) is 7.11 Å². The van der Waals surface area contributed by atoms with Crippen LogP contribution in [-0.4, -0.2) is 18.1 Å². The van der Waals surface area contributed by atoms with Gasteiger partial charge in [-0.2, -0.15) is 5.26 Å². The van der Waals surface area contributed by atoms with Crippen molar-refractivity contribution < 1.29 is 14.3 Å². The molecular weight excluding hydrogens is 452 g/mol. The summed E-state index contributed by atoms with van der Waals surface area (Å²) in [6.07, 6.45) is 4.82. The number of thiazole rings is 1. The number of allylic oxidation sites excluding steroid dienone is 1. The summed E-state index contributed by atoms with van der Waals surface area (Å²) in [5.41, 5.74) is 3.03. The number of benzene rings is 2. The van der Waals surface area contributed by atoms with Gasteiger partial charge in [-0.15, -0.1) is 22.7 Å². The van der Waals surface area contributed by atoms with E-state index in [4.69, 9.17) is 9.47 Å². The van der Waals surface area contributed by atoms with E-state index in [2.05, 4.69) is 11.1 Å². The van der Waals surface area contributed by atoms with Gasteiger partial charge in [0.15, 0.2) is 0 Å². The summed E-state index contributed by atoms with van der Waals surface area (Å²) < 4.78 is 10.5. The molecule has 4 aromatic rings. The second-order valence-corrected chi connectivity index (χ2v) is 8.59. The summed E-state index contributed by atoms with van der Waals surface area (Å²) in [7, 11) is 1.60. The summed E-state index contributed by atoms with van der Waals surface area (Å²) >= 11 is 3.05. The van der Waals surface area contributed by atoms with E-state index in [-0.39, 0.29) is 0 Å². The van der Waals surface area contributed by atoms with Crippen LogP contribution in [0.4, 0.5) is 0 Å². The van der Waals surface area contributed by atoms with Gasteiger partial charge in [0.05, 0.1) is 23.3 Å². The summed E-state index contributed by atoms with van der Waals surface area (Å²) in [4.78, 5) is 17.8. The Bertz CT molecular complexity index is 1330. The molecule has 0 spiro atoms. The van der Waals surface area contributed by atoms with Gasteiger partial charge in [-0.05, 0) is 59.0 Å². The van der Waals surface area contributed by atoms with Gasteiger partial charge in [0.25, 0.3) is 0 Å². The molecule has 2 heterocycles. The second-order valence-electron chi connectivity index (χ2n) is 6.78. The highest BCUT2D eigenvalue weighted by Crippen LogP contribution is 2.29. The molecular formula is C26H18N2O3S2. The molecule has 0 aliphatic heterocycles. The molecule has 7 heteroatoms. The van der Waals surface area contributed by atoms with Crippen LogP contribution < -0.4 is 9.47 Å². The Morgan fingerprint density at radius 3 is 2.39 bits per heavy atom. The smallest absolute Gasteiger partial charge is 0.336 e. The first-order valence-corrected chi connectivity index (χ1v) is 11.7. The highest BCUT2D eigenvalue weighted by molar-refractivity contribution is 7.14. The topological polar surface area (TPSA) is 72.2 Å². The van der Waals surface area contributed by atoms with Crippen LogP contribution >= 0.6 is 22.7 Å². The zero-order valence-electron chi connectivity index (χ0n) is 17.6. The summed E-state index contributed by atoms with van der Waals surface area (Å²) in [5, 5.41) is 14.2. The number of methoxy groups -OCH3 is 1. The highest BCUT2D eigenvalue weighted by Gasteiger charge is 2.10. The van der Waals surface area contributed by atoms with E-state index >= 15 is 0 Å². The van der Waals surface area contributed by atoms with Gasteiger partial charge in [0.2, 0.25) is 0 Å². The average Bonchev–Trinajstić information content (AvgIpc) is 3.55. The number of hydrogen-bond donors (Lipinski definition) is 0. The standard InChI is InChI=1S/C26H18N2O3S2/c1-30-21-9-4-18(5-10-21)8-13-25(29)31-22-11-6-19(7-12-22)15-20(16-27)26-28-23(17-33-26)24-3-2-14-32-24/h2-15,17H,1H3/b13-8+,20-15+. The van der Waals surface area contributed by atoms with E-state index in [1.165, 1.54) is 17.4 Å². The lowest BCUT2D eigenvalue weighted by atomic mass is 10.1.